The molecule has 1 aliphatic rings. The lowest BCUT2D eigenvalue weighted by Gasteiger charge is -2.12. The first-order valence-electron chi connectivity index (χ1n) is 7.91. The highest BCUT2D eigenvalue weighted by Gasteiger charge is 2.38. The third-order valence-electron chi connectivity index (χ3n) is 3.96. The van der Waals surface area contributed by atoms with Crippen LogP contribution < -0.4 is 4.74 Å². The highest BCUT2D eigenvalue weighted by molar-refractivity contribution is 6.20. The first-order valence-corrected chi connectivity index (χ1v) is 7.91. The van der Waals surface area contributed by atoms with Crippen LogP contribution in [0.2, 0.25) is 0 Å². The van der Waals surface area contributed by atoms with Crippen LogP contribution in [0.15, 0.2) is 48.5 Å². The average molecular weight is 339 g/mol. The molecule has 0 atom stereocenters. The van der Waals surface area contributed by atoms with Crippen molar-refractivity contribution in [1.29, 1.82) is 0 Å². The fourth-order valence-corrected chi connectivity index (χ4v) is 2.63. The van der Waals surface area contributed by atoms with Gasteiger partial charge >= 0.3 is 5.97 Å². The van der Waals surface area contributed by atoms with Crippen LogP contribution in [0.4, 0.5) is 0 Å². The first-order chi connectivity index (χ1) is 12.1. The van der Waals surface area contributed by atoms with Gasteiger partial charge in [-0.3, -0.25) is 9.59 Å². The van der Waals surface area contributed by atoms with E-state index in [4.69, 9.17) is 9.57 Å². The number of carbonyl (C=O) groups is 3. The number of hydrogen-bond donors (Lipinski definition) is 0. The summed E-state index contributed by atoms with van der Waals surface area (Å²) in [4.78, 5) is 41.1. The van der Waals surface area contributed by atoms with E-state index in [1.807, 2.05) is 24.3 Å². The van der Waals surface area contributed by atoms with E-state index < -0.39 is 17.8 Å². The molecular formula is C19H17NO5. The zero-order valence-corrected chi connectivity index (χ0v) is 13.7. The van der Waals surface area contributed by atoms with Gasteiger partial charge in [-0.25, -0.2) is 4.79 Å². The van der Waals surface area contributed by atoms with Crippen molar-refractivity contribution in [2.45, 2.75) is 19.3 Å². The summed E-state index contributed by atoms with van der Waals surface area (Å²) in [6, 6.07) is 13.9. The number of benzene rings is 2. The average Bonchev–Trinajstić information content (AvgIpc) is 2.88. The lowest BCUT2D eigenvalue weighted by Crippen LogP contribution is -2.32. The fourth-order valence-electron chi connectivity index (χ4n) is 2.63. The Bertz CT molecular complexity index is 778. The molecule has 6 heteroatoms. The molecule has 1 aliphatic heterocycles. The second kappa shape index (κ2) is 7.17. The van der Waals surface area contributed by atoms with Crippen LogP contribution in [-0.2, 0) is 16.1 Å². The number of imide groups is 1. The molecule has 0 N–H and O–H groups in total. The molecule has 1 heterocycles. The van der Waals surface area contributed by atoms with Gasteiger partial charge in [-0.05, 0) is 42.7 Å². The number of carbonyl (C=O) groups excluding carboxylic acids is 3. The van der Waals surface area contributed by atoms with Crippen LogP contribution in [0.3, 0.4) is 0 Å². The van der Waals surface area contributed by atoms with Gasteiger partial charge in [-0.15, -0.1) is 0 Å². The van der Waals surface area contributed by atoms with Crippen molar-refractivity contribution in [3.8, 4) is 5.75 Å². The largest absolute Gasteiger partial charge is 0.497 e. The molecule has 0 aromatic heterocycles. The van der Waals surface area contributed by atoms with E-state index in [2.05, 4.69) is 0 Å². The normalized spacial score (nSPS) is 12.9. The summed E-state index contributed by atoms with van der Waals surface area (Å²) < 4.78 is 5.09. The molecule has 2 aromatic rings. The number of rotatable bonds is 6. The van der Waals surface area contributed by atoms with Crippen LogP contribution >= 0.6 is 0 Å². The maximum absolute atomic E-state index is 12.1. The van der Waals surface area contributed by atoms with Crippen molar-refractivity contribution in [2.24, 2.45) is 0 Å². The fraction of sp³-hybridized carbons (Fsp3) is 0.211. The topological polar surface area (TPSA) is 72.9 Å². The second-order valence-corrected chi connectivity index (χ2v) is 5.62. The number of nitrogens with zero attached hydrogens (tertiary/aromatic N) is 1. The Labute approximate surface area is 144 Å². The van der Waals surface area contributed by atoms with Crippen LogP contribution in [-0.4, -0.2) is 30.0 Å². The Morgan fingerprint density at radius 3 is 2.12 bits per heavy atom. The lowest BCUT2D eigenvalue weighted by atomic mass is 10.1. The smallest absolute Gasteiger partial charge is 0.333 e. The summed E-state index contributed by atoms with van der Waals surface area (Å²) in [6.45, 7) is 0. The molecule has 128 valence electrons. The zero-order valence-electron chi connectivity index (χ0n) is 13.7. The monoisotopic (exact) mass is 339 g/mol. The second-order valence-electron chi connectivity index (χ2n) is 5.62. The van der Waals surface area contributed by atoms with Gasteiger partial charge in [0.15, 0.2) is 0 Å². The van der Waals surface area contributed by atoms with Gasteiger partial charge in [0, 0.05) is 6.42 Å². The molecule has 0 radical (unpaired) electrons. The number of fused-ring (bicyclic) bond motifs is 1. The van der Waals surface area contributed by atoms with Gasteiger partial charge in [-0.1, -0.05) is 29.3 Å². The van der Waals surface area contributed by atoms with Gasteiger partial charge in [0.2, 0.25) is 0 Å². The van der Waals surface area contributed by atoms with Crippen molar-refractivity contribution in [3.63, 3.8) is 0 Å². The van der Waals surface area contributed by atoms with E-state index >= 15 is 0 Å². The van der Waals surface area contributed by atoms with Crippen LogP contribution in [0.1, 0.15) is 39.1 Å². The molecule has 2 aromatic carbocycles. The van der Waals surface area contributed by atoms with Crippen LogP contribution in [0, 0.1) is 0 Å². The summed E-state index contributed by atoms with van der Waals surface area (Å²) in [5.41, 5.74) is 1.56. The molecule has 0 saturated heterocycles. The highest BCUT2D eigenvalue weighted by atomic mass is 16.7. The van der Waals surface area contributed by atoms with Gasteiger partial charge in [-0.2, -0.15) is 0 Å². The minimum absolute atomic E-state index is 0.111. The number of amides is 2. The number of methoxy groups -OCH3 is 1. The van der Waals surface area contributed by atoms with E-state index in [1.54, 1.807) is 19.2 Å². The molecule has 3 rings (SSSR count). The number of hydrogen-bond acceptors (Lipinski definition) is 5. The molecular weight excluding hydrogens is 322 g/mol. The zero-order chi connectivity index (χ0) is 17.8. The SMILES string of the molecule is COc1ccc(CCCC(=O)ON2C(=O)c3ccccc3C2=O)cc1. The van der Waals surface area contributed by atoms with E-state index in [-0.39, 0.29) is 17.5 Å². The number of hydroxylamine groups is 2. The first kappa shape index (κ1) is 16.7. The van der Waals surface area contributed by atoms with E-state index in [0.29, 0.717) is 17.9 Å². The molecule has 0 aliphatic carbocycles. The molecule has 0 fully saturated rings. The Hall–Kier alpha value is -3.15. The molecule has 2 amide bonds. The molecule has 0 spiro atoms. The molecule has 0 saturated carbocycles. The third-order valence-corrected chi connectivity index (χ3v) is 3.96. The summed E-state index contributed by atoms with van der Waals surface area (Å²) in [5.74, 6) is -1.05. The maximum Gasteiger partial charge on any atom is 0.333 e. The molecule has 0 bridgehead atoms. The minimum Gasteiger partial charge on any atom is -0.497 e. The Balaban J connectivity index is 1.51. The Kier molecular flexibility index (Phi) is 4.79. The van der Waals surface area contributed by atoms with E-state index in [9.17, 15) is 14.4 Å². The van der Waals surface area contributed by atoms with Crippen molar-refractivity contribution >= 4 is 17.8 Å². The number of aryl methyl sites for hydroxylation is 1. The van der Waals surface area contributed by atoms with Crippen molar-refractivity contribution in [3.05, 3.63) is 65.2 Å². The van der Waals surface area contributed by atoms with Gasteiger partial charge < -0.3 is 9.57 Å². The van der Waals surface area contributed by atoms with Gasteiger partial charge in [0.25, 0.3) is 11.8 Å². The van der Waals surface area contributed by atoms with Gasteiger partial charge in [0.1, 0.15) is 5.75 Å². The third kappa shape index (κ3) is 3.52. The number of ether oxygens (including phenoxy) is 1. The minimum atomic E-state index is -0.608. The Morgan fingerprint density at radius 2 is 1.56 bits per heavy atom. The van der Waals surface area contributed by atoms with E-state index in [0.717, 1.165) is 11.3 Å². The summed E-state index contributed by atoms with van der Waals surface area (Å²) in [7, 11) is 1.60. The van der Waals surface area contributed by atoms with Crippen molar-refractivity contribution in [2.75, 3.05) is 7.11 Å². The molecule has 0 unspecified atom stereocenters. The quantitative estimate of drug-likeness (QED) is 0.757. The molecule has 25 heavy (non-hydrogen) atoms. The Morgan fingerprint density at radius 1 is 0.960 bits per heavy atom. The predicted octanol–water partition coefficient (Wildman–Crippen LogP) is 2.77. The standard InChI is InChI=1S/C19H17NO5/c1-24-14-11-9-13(10-12-14)5-4-8-17(21)25-20-18(22)15-6-2-3-7-16(15)19(20)23/h2-3,6-7,9-12H,4-5,8H2,1H3. The van der Waals surface area contributed by atoms with Crippen LogP contribution in [0.5, 0.6) is 5.75 Å². The summed E-state index contributed by atoms with van der Waals surface area (Å²) >= 11 is 0. The van der Waals surface area contributed by atoms with Gasteiger partial charge in [0.05, 0.1) is 18.2 Å². The maximum atomic E-state index is 12.1. The van der Waals surface area contributed by atoms with Crippen molar-refractivity contribution < 1.29 is 24.0 Å². The van der Waals surface area contributed by atoms with E-state index in [1.165, 1.54) is 12.1 Å². The molecule has 6 nitrogen and oxygen atoms in total. The predicted molar refractivity (Wildman–Crippen MR) is 89.0 cm³/mol. The highest BCUT2D eigenvalue weighted by Crippen LogP contribution is 2.23. The summed E-state index contributed by atoms with van der Waals surface area (Å²) in [5, 5.41) is 0.542. The lowest BCUT2D eigenvalue weighted by molar-refractivity contribution is -0.168. The van der Waals surface area contributed by atoms with Crippen molar-refractivity contribution in [1.82, 2.24) is 5.06 Å². The van der Waals surface area contributed by atoms with Crippen LogP contribution in [0.25, 0.3) is 0 Å². The summed E-state index contributed by atoms with van der Waals surface area (Å²) in [6.07, 6.45) is 1.34.